The molecule has 0 aliphatic carbocycles. The topological polar surface area (TPSA) is 97.6 Å². The van der Waals surface area contributed by atoms with Crippen molar-refractivity contribution in [1.82, 2.24) is 4.31 Å². The molecule has 2 aromatic rings. The van der Waals surface area contributed by atoms with Crippen molar-refractivity contribution in [2.24, 2.45) is 0 Å². The summed E-state index contributed by atoms with van der Waals surface area (Å²) >= 11 is 0. The van der Waals surface area contributed by atoms with Gasteiger partial charge >= 0.3 is 0 Å². The van der Waals surface area contributed by atoms with E-state index in [1.807, 2.05) is 0 Å². The van der Waals surface area contributed by atoms with Gasteiger partial charge in [0.25, 0.3) is 5.69 Å². The van der Waals surface area contributed by atoms with Crippen LogP contribution in [0.1, 0.15) is 15.9 Å². The number of nitrogens with zero attached hydrogens (tertiary/aromatic N) is 2. The van der Waals surface area contributed by atoms with Crippen molar-refractivity contribution in [1.29, 1.82) is 0 Å². The Kier molecular flexibility index (Phi) is 5.96. The van der Waals surface area contributed by atoms with E-state index in [0.717, 1.165) is 28.6 Å². The number of nitro groups is 1. The summed E-state index contributed by atoms with van der Waals surface area (Å²) < 4.78 is 40.3. The molecule has 0 aliphatic heterocycles. The molecule has 0 N–H and O–H groups in total. The molecule has 0 atom stereocenters. The molecule has 0 saturated carbocycles. The minimum Gasteiger partial charge on any atom is -0.298 e. The first kappa shape index (κ1) is 19.4. The summed E-state index contributed by atoms with van der Waals surface area (Å²) in [7, 11) is -4.29. The third-order valence-corrected chi connectivity index (χ3v) is 5.45. The van der Waals surface area contributed by atoms with Gasteiger partial charge in [-0.15, -0.1) is 6.58 Å². The first-order valence-electron chi connectivity index (χ1n) is 7.39. The number of rotatable bonds is 8. The van der Waals surface area contributed by atoms with Gasteiger partial charge in [0, 0.05) is 24.7 Å². The summed E-state index contributed by atoms with van der Waals surface area (Å²) in [4.78, 5) is 21.0. The van der Waals surface area contributed by atoms with E-state index in [9.17, 15) is 27.7 Å². The van der Waals surface area contributed by atoms with Crippen molar-refractivity contribution in [2.45, 2.75) is 11.4 Å². The normalized spacial score (nSPS) is 11.3. The van der Waals surface area contributed by atoms with Crippen LogP contribution in [0, 0.1) is 15.9 Å². The van der Waals surface area contributed by atoms with Crippen LogP contribution in [0.5, 0.6) is 0 Å². The number of nitro benzene ring substituents is 1. The predicted octanol–water partition coefficient (Wildman–Crippen LogP) is 2.92. The highest BCUT2D eigenvalue weighted by molar-refractivity contribution is 7.89. The molecule has 0 bridgehead atoms. The van der Waals surface area contributed by atoms with Gasteiger partial charge in [-0.05, 0) is 29.8 Å². The lowest BCUT2D eigenvalue weighted by molar-refractivity contribution is -0.387. The van der Waals surface area contributed by atoms with E-state index < -0.39 is 31.3 Å². The number of hydrogen-bond donors (Lipinski definition) is 0. The molecule has 0 unspecified atom stereocenters. The summed E-state index contributed by atoms with van der Waals surface area (Å²) in [5.74, 6) is -0.632. The van der Waals surface area contributed by atoms with Crippen LogP contribution in [-0.2, 0) is 16.6 Å². The average Bonchev–Trinajstić information content (AvgIpc) is 2.61. The van der Waals surface area contributed by atoms with Crippen LogP contribution in [0.4, 0.5) is 10.1 Å². The second kappa shape index (κ2) is 7.98. The molecule has 0 aliphatic rings. The zero-order chi connectivity index (χ0) is 19.3. The monoisotopic (exact) mass is 378 g/mol. The first-order chi connectivity index (χ1) is 12.3. The van der Waals surface area contributed by atoms with Crippen LogP contribution in [0.3, 0.4) is 0 Å². The predicted molar refractivity (Wildman–Crippen MR) is 92.7 cm³/mol. The minimum absolute atomic E-state index is 0.123. The maximum atomic E-state index is 13.5. The SMILES string of the molecule is C=CCN(Cc1cc(F)ccc1C=O)S(=O)(=O)c1ccccc1[N+](=O)[O-]. The molecule has 0 saturated heterocycles. The molecule has 26 heavy (non-hydrogen) atoms. The summed E-state index contributed by atoms with van der Waals surface area (Å²) in [6, 6.07) is 8.29. The van der Waals surface area contributed by atoms with Crippen molar-refractivity contribution in [2.75, 3.05) is 6.54 Å². The van der Waals surface area contributed by atoms with Crippen LogP contribution < -0.4 is 0 Å². The molecule has 0 amide bonds. The summed E-state index contributed by atoms with van der Waals surface area (Å²) in [6.07, 6.45) is 1.78. The molecular weight excluding hydrogens is 363 g/mol. The highest BCUT2D eigenvalue weighted by atomic mass is 32.2. The number of carbonyl (C=O) groups is 1. The van der Waals surface area contributed by atoms with E-state index in [-0.39, 0.29) is 24.2 Å². The van der Waals surface area contributed by atoms with E-state index in [4.69, 9.17) is 0 Å². The lowest BCUT2D eigenvalue weighted by Crippen LogP contribution is -2.31. The summed E-state index contributed by atoms with van der Waals surface area (Å²) in [5, 5.41) is 11.2. The molecular formula is C17H15FN2O5S. The fourth-order valence-electron chi connectivity index (χ4n) is 2.37. The van der Waals surface area contributed by atoms with E-state index in [0.29, 0.717) is 6.29 Å². The highest BCUT2D eigenvalue weighted by Gasteiger charge is 2.31. The van der Waals surface area contributed by atoms with Gasteiger partial charge in [0.1, 0.15) is 12.1 Å². The van der Waals surface area contributed by atoms with Crippen LogP contribution in [0.2, 0.25) is 0 Å². The molecule has 0 fully saturated rings. The maximum absolute atomic E-state index is 13.5. The number of aldehydes is 1. The van der Waals surface area contributed by atoms with Crippen LogP contribution >= 0.6 is 0 Å². The summed E-state index contributed by atoms with van der Waals surface area (Å²) in [6.45, 7) is 2.96. The van der Waals surface area contributed by atoms with E-state index >= 15 is 0 Å². The minimum atomic E-state index is -4.29. The van der Waals surface area contributed by atoms with Gasteiger partial charge in [-0.3, -0.25) is 14.9 Å². The Balaban J connectivity index is 2.54. The van der Waals surface area contributed by atoms with Gasteiger partial charge in [0.15, 0.2) is 4.90 Å². The molecule has 9 heteroatoms. The largest absolute Gasteiger partial charge is 0.298 e. The molecule has 2 rings (SSSR count). The van der Waals surface area contributed by atoms with Gasteiger partial charge in [-0.1, -0.05) is 18.2 Å². The van der Waals surface area contributed by atoms with Crippen LogP contribution in [0.15, 0.2) is 60.0 Å². The van der Waals surface area contributed by atoms with Crippen molar-refractivity contribution < 1.29 is 22.5 Å². The quantitative estimate of drug-likeness (QED) is 0.304. The molecule has 2 aromatic carbocycles. The molecule has 0 spiro atoms. The zero-order valence-corrected chi connectivity index (χ0v) is 14.4. The highest BCUT2D eigenvalue weighted by Crippen LogP contribution is 2.27. The van der Waals surface area contributed by atoms with E-state index in [2.05, 4.69) is 6.58 Å². The molecule has 0 aromatic heterocycles. The van der Waals surface area contributed by atoms with Crippen molar-refractivity contribution in [3.05, 3.63) is 82.2 Å². The Morgan fingerprint density at radius 2 is 1.92 bits per heavy atom. The number of halogens is 1. The fourth-order valence-corrected chi connectivity index (χ4v) is 3.92. The third kappa shape index (κ3) is 4.01. The number of carbonyl (C=O) groups excluding carboxylic acids is 1. The smallest absolute Gasteiger partial charge is 0.289 e. The fraction of sp³-hybridized carbons (Fsp3) is 0.118. The average molecular weight is 378 g/mol. The Hall–Kier alpha value is -2.91. The van der Waals surface area contributed by atoms with Gasteiger partial charge < -0.3 is 0 Å². The second-order valence-corrected chi connectivity index (χ2v) is 7.18. The Morgan fingerprint density at radius 3 is 2.54 bits per heavy atom. The van der Waals surface area contributed by atoms with Gasteiger partial charge in [0.2, 0.25) is 10.0 Å². The lowest BCUT2D eigenvalue weighted by atomic mass is 10.1. The Bertz CT molecular complexity index is 959. The lowest BCUT2D eigenvalue weighted by Gasteiger charge is -2.21. The molecule has 136 valence electrons. The van der Waals surface area contributed by atoms with Gasteiger partial charge in [-0.25, -0.2) is 12.8 Å². The van der Waals surface area contributed by atoms with Crippen molar-refractivity contribution in [3.63, 3.8) is 0 Å². The first-order valence-corrected chi connectivity index (χ1v) is 8.83. The summed E-state index contributed by atoms with van der Waals surface area (Å²) in [5.41, 5.74) is -0.307. The van der Waals surface area contributed by atoms with E-state index in [1.165, 1.54) is 24.3 Å². The third-order valence-electron chi connectivity index (χ3n) is 3.59. The number of sulfonamides is 1. The Labute approximate surface area is 149 Å². The number of benzene rings is 2. The van der Waals surface area contributed by atoms with Gasteiger partial charge in [-0.2, -0.15) is 4.31 Å². The molecule has 7 nitrogen and oxygen atoms in total. The van der Waals surface area contributed by atoms with Crippen molar-refractivity contribution >= 4 is 22.0 Å². The number of para-hydroxylation sites is 1. The second-order valence-electron chi connectivity index (χ2n) is 5.27. The van der Waals surface area contributed by atoms with Gasteiger partial charge in [0.05, 0.1) is 4.92 Å². The van der Waals surface area contributed by atoms with Crippen molar-refractivity contribution in [3.8, 4) is 0 Å². The van der Waals surface area contributed by atoms with Crippen LogP contribution in [0.25, 0.3) is 0 Å². The molecule has 0 heterocycles. The van der Waals surface area contributed by atoms with Crippen LogP contribution in [-0.4, -0.2) is 30.5 Å². The molecule has 0 radical (unpaired) electrons. The zero-order valence-electron chi connectivity index (χ0n) is 13.5. The Morgan fingerprint density at radius 1 is 1.23 bits per heavy atom. The number of hydrogen-bond acceptors (Lipinski definition) is 5. The van der Waals surface area contributed by atoms with E-state index in [1.54, 1.807) is 0 Å². The maximum Gasteiger partial charge on any atom is 0.289 e. The standard InChI is InChI=1S/C17H15FN2O5S/c1-2-9-19(11-14-10-15(18)8-7-13(14)12-21)26(24,25)17-6-4-3-5-16(17)20(22)23/h2-8,10,12H,1,9,11H2.